The van der Waals surface area contributed by atoms with Crippen LogP contribution in [0.1, 0.15) is 16.0 Å². The number of ether oxygens (including phenoxy) is 2. The fraction of sp³-hybridized carbons (Fsp3) is 0.316. The average molecular weight is 357 g/mol. The van der Waals surface area contributed by atoms with Crippen molar-refractivity contribution in [2.24, 2.45) is 0 Å². The van der Waals surface area contributed by atoms with Crippen LogP contribution in [-0.2, 0) is 19.7 Å². The summed E-state index contributed by atoms with van der Waals surface area (Å²) in [5, 5.41) is 9.76. The second-order valence-corrected chi connectivity index (χ2v) is 6.84. The molecule has 0 unspecified atom stereocenters. The summed E-state index contributed by atoms with van der Waals surface area (Å²) >= 11 is 1.69. The molecule has 6 heteroatoms. The molecule has 0 bridgehead atoms. The molecule has 2 aromatic heterocycles. The first kappa shape index (κ1) is 17.5. The highest BCUT2D eigenvalue weighted by Gasteiger charge is 2.07. The van der Waals surface area contributed by atoms with Gasteiger partial charge in [-0.3, -0.25) is 4.68 Å². The van der Waals surface area contributed by atoms with Gasteiger partial charge in [-0.1, -0.05) is 12.1 Å². The molecule has 0 aliphatic rings. The van der Waals surface area contributed by atoms with Crippen LogP contribution in [0.25, 0.3) is 0 Å². The molecule has 3 rings (SSSR count). The smallest absolute Gasteiger partial charge is 0.161 e. The van der Waals surface area contributed by atoms with Crippen molar-refractivity contribution >= 4 is 11.3 Å². The molecule has 0 radical (unpaired) electrons. The van der Waals surface area contributed by atoms with Crippen LogP contribution in [0, 0.1) is 6.92 Å². The lowest BCUT2D eigenvalue weighted by Crippen LogP contribution is -2.19. The summed E-state index contributed by atoms with van der Waals surface area (Å²) in [6.45, 7) is 5.11. The van der Waals surface area contributed by atoms with Crippen LogP contribution in [0.15, 0.2) is 48.1 Å². The molecule has 0 fully saturated rings. The molecule has 0 atom stereocenters. The molecule has 0 saturated carbocycles. The van der Waals surface area contributed by atoms with Crippen molar-refractivity contribution in [2.75, 3.05) is 13.7 Å². The zero-order chi connectivity index (χ0) is 17.5. The molecule has 132 valence electrons. The monoisotopic (exact) mass is 357 g/mol. The number of nitrogens with zero attached hydrogens (tertiary/aromatic N) is 2. The molecular weight excluding hydrogens is 334 g/mol. The predicted octanol–water partition coefficient (Wildman–Crippen LogP) is 3.63. The van der Waals surface area contributed by atoms with E-state index in [-0.39, 0.29) is 0 Å². The Balaban J connectivity index is 1.50. The first-order chi connectivity index (χ1) is 12.2. The summed E-state index contributed by atoms with van der Waals surface area (Å²) in [5.74, 6) is 1.53. The highest BCUT2D eigenvalue weighted by atomic mass is 32.1. The highest BCUT2D eigenvalue weighted by molar-refractivity contribution is 7.09. The number of thiophene rings is 1. The minimum Gasteiger partial charge on any atom is -0.493 e. The molecule has 0 saturated heterocycles. The maximum Gasteiger partial charge on any atom is 0.161 e. The lowest BCUT2D eigenvalue weighted by molar-refractivity contribution is 0.287. The molecular formula is C19H23N3O2S. The largest absolute Gasteiger partial charge is 0.493 e. The van der Waals surface area contributed by atoms with Crippen LogP contribution in [0.2, 0.25) is 0 Å². The Kier molecular flexibility index (Phi) is 6.09. The van der Waals surface area contributed by atoms with Crippen LogP contribution in [0.3, 0.4) is 0 Å². The van der Waals surface area contributed by atoms with Gasteiger partial charge in [-0.05, 0) is 41.6 Å². The number of aryl methyl sites for hydroxylation is 1. The van der Waals surface area contributed by atoms with E-state index in [2.05, 4.69) is 27.9 Å². The Bertz CT molecular complexity index is 784. The molecule has 1 aromatic carbocycles. The van der Waals surface area contributed by atoms with Crippen molar-refractivity contribution in [1.29, 1.82) is 0 Å². The third-order valence-electron chi connectivity index (χ3n) is 3.79. The van der Waals surface area contributed by atoms with Crippen LogP contribution < -0.4 is 14.8 Å². The fourth-order valence-electron chi connectivity index (χ4n) is 2.50. The van der Waals surface area contributed by atoms with Crippen LogP contribution in [0.4, 0.5) is 0 Å². The van der Waals surface area contributed by atoms with Gasteiger partial charge in [-0.15, -0.1) is 11.3 Å². The normalized spacial score (nSPS) is 10.8. The Labute approximate surface area is 152 Å². The van der Waals surface area contributed by atoms with E-state index < -0.39 is 0 Å². The lowest BCUT2D eigenvalue weighted by Gasteiger charge is -2.12. The van der Waals surface area contributed by atoms with Gasteiger partial charge >= 0.3 is 0 Å². The predicted molar refractivity (Wildman–Crippen MR) is 100 cm³/mol. The van der Waals surface area contributed by atoms with E-state index in [1.165, 1.54) is 10.4 Å². The topological polar surface area (TPSA) is 48.3 Å². The fourth-order valence-corrected chi connectivity index (χ4v) is 3.12. The minimum absolute atomic E-state index is 0.564. The van der Waals surface area contributed by atoms with Crippen molar-refractivity contribution in [2.45, 2.75) is 26.6 Å². The summed E-state index contributed by atoms with van der Waals surface area (Å²) in [7, 11) is 1.67. The molecule has 25 heavy (non-hydrogen) atoms. The van der Waals surface area contributed by atoms with Crippen molar-refractivity contribution in [3.05, 3.63) is 64.1 Å². The summed E-state index contributed by atoms with van der Waals surface area (Å²) in [4.78, 5) is 1.20. The average Bonchev–Trinajstić information content (AvgIpc) is 3.29. The number of aromatic nitrogens is 2. The summed E-state index contributed by atoms with van der Waals surface area (Å²) in [6, 6.07) is 10.2. The zero-order valence-corrected chi connectivity index (χ0v) is 15.4. The number of methoxy groups -OCH3 is 1. The van der Waals surface area contributed by atoms with E-state index in [1.54, 1.807) is 18.4 Å². The SMILES string of the molecule is COc1cc(CNCCn2cc(C)cn2)ccc1OCc1cccs1. The number of hydrogen-bond donors (Lipinski definition) is 1. The quantitative estimate of drug-likeness (QED) is 0.594. The molecule has 5 nitrogen and oxygen atoms in total. The minimum atomic E-state index is 0.564. The first-order valence-electron chi connectivity index (χ1n) is 8.26. The lowest BCUT2D eigenvalue weighted by atomic mass is 10.2. The maximum atomic E-state index is 5.87. The molecule has 3 aromatic rings. The van der Waals surface area contributed by atoms with Crippen LogP contribution in [0.5, 0.6) is 11.5 Å². The van der Waals surface area contributed by atoms with E-state index in [4.69, 9.17) is 9.47 Å². The molecule has 2 heterocycles. The van der Waals surface area contributed by atoms with Gasteiger partial charge in [0, 0.05) is 24.2 Å². The standard InChI is InChI=1S/C19H23N3O2S/c1-15-11-21-22(13-15)8-7-20-12-16-5-6-18(19(10-16)23-2)24-14-17-4-3-9-25-17/h3-6,9-11,13,20H,7-8,12,14H2,1-2H3. The van der Waals surface area contributed by atoms with Gasteiger partial charge in [-0.25, -0.2) is 0 Å². The molecule has 1 N–H and O–H groups in total. The Morgan fingerprint density at radius 2 is 2.16 bits per heavy atom. The Morgan fingerprint density at radius 3 is 2.88 bits per heavy atom. The van der Waals surface area contributed by atoms with Gasteiger partial charge < -0.3 is 14.8 Å². The van der Waals surface area contributed by atoms with Gasteiger partial charge in [0.05, 0.1) is 19.9 Å². The van der Waals surface area contributed by atoms with Gasteiger partial charge in [0.25, 0.3) is 0 Å². The number of nitrogens with one attached hydrogen (secondary N) is 1. The number of benzene rings is 1. The summed E-state index contributed by atoms with van der Waals surface area (Å²) in [5.41, 5.74) is 2.35. The van der Waals surface area contributed by atoms with Crippen LogP contribution in [-0.4, -0.2) is 23.4 Å². The summed E-state index contributed by atoms with van der Waals surface area (Å²) < 4.78 is 13.3. The van der Waals surface area contributed by atoms with Crippen LogP contribution >= 0.6 is 11.3 Å². The third kappa shape index (κ3) is 5.08. The van der Waals surface area contributed by atoms with Gasteiger partial charge in [0.2, 0.25) is 0 Å². The van der Waals surface area contributed by atoms with Gasteiger partial charge in [0.1, 0.15) is 6.61 Å². The third-order valence-corrected chi connectivity index (χ3v) is 4.64. The Hall–Kier alpha value is -2.31. The zero-order valence-electron chi connectivity index (χ0n) is 14.6. The van der Waals surface area contributed by atoms with E-state index >= 15 is 0 Å². The molecule has 0 aliphatic heterocycles. The molecule has 0 spiro atoms. The second-order valence-electron chi connectivity index (χ2n) is 5.81. The van der Waals surface area contributed by atoms with Crippen molar-refractivity contribution in [3.63, 3.8) is 0 Å². The van der Waals surface area contributed by atoms with Crippen molar-refractivity contribution in [3.8, 4) is 11.5 Å². The molecule has 0 amide bonds. The highest BCUT2D eigenvalue weighted by Crippen LogP contribution is 2.29. The molecule has 0 aliphatic carbocycles. The van der Waals surface area contributed by atoms with E-state index in [1.807, 2.05) is 42.2 Å². The summed E-state index contributed by atoms with van der Waals surface area (Å²) in [6.07, 6.45) is 3.92. The number of rotatable bonds is 9. The van der Waals surface area contributed by atoms with Gasteiger partial charge in [0.15, 0.2) is 11.5 Å². The first-order valence-corrected chi connectivity index (χ1v) is 9.14. The van der Waals surface area contributed by atoms with E-state index in [0.717, 1.165) is 36.7 Å². The van der Waals surface area contributed by atoms with Crippen molar-refractivity contribution in [1.82, 2.24) is 15.1 Å². The van der Waals surface area contributed by atoms with E-state index in [9.17, 15) is 0 Å². The van der Waals surface area contributed by atoms with Crippen molar-refractivity contribution < 1.29 is 9.47 Å². The van der Waals surface area contributed by atoms with E-state index in [0.29, 0.717) is 6.61 Å². The number of hydrogen-bond acceptors (Lipinski definition) is 5. The second kappa shape index (κ2) is 8.69. The Morgan fingerprint density at radius 1 is 1.24 bits per heavy atom. The maximum absolute atomic E-state index is 5.87. The van der Waals surface area contributed by atoms with Gasteiger partial charge in [-0.2, -0.15) is 5.10 Å².